The Morgan fingerprint density at radius 2 is 1.93 bits per heavy atom. The largest absolute Gasteiger partial charge is 0.381 e. The number of Topliss-reactive ketones (excluding diaryl/α,β-unsaturated/α-hetero) is 1. The number of hydrogen-bond acceptors (Lipinski definition) is 5. The Balaban J connectivity index is 1.72. The molecule has 144 valence electrons. The molecular weight excluding hydrogens is 346 g/mol. The average molecular weight is 371 g/mol. The zero-order chi connectivity index (χ0) is 19.7. The van der Waals surface area contributed by atoms with Crippen molar-refractivity contribution in [3.8, 4) is 0 Å². The molecule has 0 aliphatic heterocycles. The number of fused-ring (bicyclic) bond motifs is 1. The molecule has 2 fully saturated rings. The molecule has 0 bridgehead atoms. The van der Waals surface area contributed by atoms with Gasteiger partial charge in [0.2, 0.25) is 0 Å². The zero-order valence-electron chi connectivity index (χ0n) is 16.2. The van der Waals surface area contributed by atoms with Crippen LogP contribution in [0.15, 0.2) is 33.9 Å². The van der Waals surface area contributed by atoms with Gasteiger partial charge < -0.3 is 9.94 Å². The molecule has 0 aromatic rings. The topological polar surface area (TPSA) is 83.9 Å². The Kier molecular flexibility index (Phi) is 3.80. The predicted molar refractivity (Wildman–Crippen MR) is 97.0 cm³/mol. The minimum Gasteiger partial charge on any atom is -0.381 e. The van der Waals surface area contributed by atoms with Crippen LogP contribution in [0.1, 0.15) is 53.4 Å². The van der Waals surface area contributed by atoms with Crippen molar-refractivity contribution < 1.29 is 24.3 Å². The maximum atomic E-state index is 13.0. The number of allylic oxidation sites excluding steroid dienone is 2. The summed E-state index contributed by atoms with van der Waals surface area (Å²) in [5, 5.41) is 12.1. The molecule has 0 radical (unpaired) electrons. The highest BCUT2D eigenvalue weighted by Crippen LogP contribution is 2.65. The van der Waals surface area contributed by atoms with Crippen molar-refractivity contribution in [3.63, 3.8) is 0 Å². The van der Waals surface area contributed by atoms with E-state index in [9.17, 15) is 19.5 Å². The number of hydrogen-bond donors (Lipinski definition) is 1. The highest BCUT2D eigenvalue weighted by Gasteiger charge is 2.65. The van der Waals surface area contributed by atoms with Crippen LogP contribution in [0.4, 0.5) is 0 Å². The van der Waals surface area contributed by atoms with E-state index >= 15 is 0 Å². The van der Waals surface area contributed by atoms with Crippen LogP contribution in [0.3, 0.4) is 0 Å². The molecule has 0 unspecified atom stereocenters. The third-order valence-corrected chi connectivity index (χ3v) is 6.58. The van der Waals surface area contributed by atoms with Gasteiger partial charge in [0, 0.05) is 23.8 Å². The van der Waals surface area contributed by atoms with Gasteiger partial charge in [-0.1, -0.05) is 5.57 Å². The molecule has 4 aliphatic rings. The van der Waals surface area contributed by atoms with E-state index in [-0.39, 0.29) is 24.2 Å². The third-order valence-electron chi connectivity index (χ3n) is 6.58. The molecule has 0 aromatic heterocycles. The summed E-state index contributed by atoms with van der Waals surface area (Å²) in [6.07, 6.45) is 4.95. The Morgan fingerprint density at radius 3 is 2.44 bits per heavy atom. The van der Waals surface area contributed by atoms with Gasteiger partial charge >= 0.3 is 5.97 Å². The maximum absolute atomic E-state index is 13.0. The first kappa shape index (κ1) is 18.2. The van der Waals surface area contributed by atoms with E-state index in [1.807, 2.05) is 13.8 Å². The van der Waals surface area contributed by atoms with Crippen LogP contribution in [0.25, 0.3) is 0 Å². The predicted octanol–water partition coefficient (Wildman–Crippen LogP) is 2.39. The number of aliphatic hydroxyl groups is 1. The molecule has 4 rings (SSSR count). The summed E-state index contributed by atoms with van der Waals surface area (Å²) in [6, 6.07) is 0. The highest BCUT2D eigenvalue weighted by molar-refractivity contribution is 6.11. The molecule has 1 atom stereocenters. The van der Waals surface area contributed by atoms with Gasteiger partial charge in [-0.3, -0.25) is 14.4 Å². The Labute approximate surface area is 158 Å². The molecule has 27 heavy (non-hydrogen) atoms. The lowest BCUT2D eigenvalue weighted by atomic mass is 9.67. The maximum Gasteiger partial charge on any atom is 0.329 e. The first-order valence-electron chi connectivity index (χ1n) is 9.51. The smallest absolute Gasteiger partial charge is 0.329 e. The van der Waals surface area contributed by atoms with Gasteiger partial charge in [0.05, 0.1) is 6.54 Å². The summed E-state index contributed by atoms with van der Waals surface area (Å²) in [7, 11) is 0. The lowest BCUT2D eigenvalue weighted by molar-refractivity contribution is -0.195. The van der Waals surface area contributed by atoms with Gasteiger partial charge in [0.15, 0.2) is 5.78 Å². The SMILES string of the molecule is CC(=O)ON(CC1=C(C)C=C2C(=O)[C@](C)(O)C3(CC3)C(C)=C21)C(=O)C1CC1. The van der Waals surface area contributed by atoms with Crippen molar-refractivity contribution in [2.24, 2.45) is 11.3 Å². The molecule has 0 saturated heterocycles. The second kappa shape index (κ2) is 5.64. The molecule has 2 saturated carbocycles. The minimum absolute atomic E-state index is 0.0855. The first-order valence-corrected chi connectivity index (χ1v) is 9.51. The lowest BCUT2D eigenvalue weighted by Gasteiger charge is -2.39. The van der Waals surface area contributed by atoms with Crippen molar-refractivity contribution in [2.75, 3.05) is 6.54 Å². The van der Waals surface area contributed by atoms with Gasteiger partial charge in [-0.25, -0.2) is 0 Å². The second-order valence-electron chi connectivity index (χ2n) is 8.44. The fourth-order valence-electron chi connectivity index (χ4n) is 4.61. The first-order chi connectivity index (χ1) is 12.6. The van der Waals surface area contributed by atoms with Crippen LogP contribution < -0.4 is 0 Å². The van der Waals surface area contributed by atoms with E-state index in [4.69, 9.17) is 4.84 Å². The van der Waals surface area contributed by atoms with Crippen molar-refractivity contribution in [1.82, 2.24) is 5.06 Å². The number of nitrogens with zero attached hydrogens (tertiary/aromatic N) is 1. The summed E-state index contributed by atoms with van der Waals surface area (Å²) in [4.78, 5) is 42.3. The summed E-state index contributed by atoms with van der Waals surface area (Å²) >= 11 is 0. The molecular formula is C21H25NO5. The van der Waals surface area contributed by atoms with Gasteiger partial charge in [-0.15, -0.1) is 0 Å². The summed E-state index contributed by atoms with van der Waals surface area (Å²) in [5.41, 5.74) is 2.09. The van der Waals surface area contributed by atoms with E-state index in [0.717, 1.165) is 53.0 Å². The van der Waals surface area contributed by atoms with Crippen LogP contribution in [0.5, 0.6) is 0 Å². The zero-order valence-corrected chi connectivity index (χ0v) is 16.2. The molecule has 1 N–H and O–H groups in total. The van der Waals surface area contributed by atoms with Crippen LogP contribution >= 0.6 is 0 Å². The Morgan fingerprint density at radius 1 is 1.30 bits per heavy atom. The van der Waals surface area contributed by atoms with Gasteiger partial charge in [0.25, 0.3) is 5.91 Å². The van der Waals surface area contributed by atoms with E-state index in [1.54, 1.807) is 13.0 Å². The monoisotopic (exact) mass is 371 g/mol. The summed E-state index contributed by atoms with van der Waals surface area (Å²) in [5.74, 6) is -1.08. The highest BCUT2D eigenvalue weighted by atomic mass is 16.7. The molecule has 1 spiro atoms. The van der Waals surface area contributed by atoms with Crippen LogP contribution in [-0.2, 0) is 19.2 Å². The van der Waals surface area contributed by atoms with Crippen molar-refractivity contribution in [1.29, 1.82) is 0 Å². The van der Waals surface area contributed by atoms with Gasteiger partial charge in [0.1, 0.15) is 5.60 Å². The third kappa shape index (κ3) is 2.53. The minimum atomic E-state index is -1.40. The van der Waals surface area contributed by atoms with Crippen LogP contribution in [0, 0.1) is 11.3 Å². The van der Waals surface area contributed by atoms with Gasteiger partial charge in [-0.05, 0) is 69.2 Å². The number of carbonyl (C=O) groups excluding carboxylic acids is 3. The van der Waals surface area contributed by atoms with E-state index < -0.39 is 17.0 Å². The summed E-state index contributed by atoms with van der Waals surface area (Å²) in [6.45, 7) is 6.86. The van der Waals surface area contributed by atoms with Crippen molar-refractivity contribution in [3.05, 3.63) is 33.9 Å². The molecule has 6 nitrogen and oxygen atoms in total. The average Bonchev–Trinajstić information content (AvgIpc) is 3.49. The van der Waals surface area contributed by atoms with E-state index in [2.05, 4.69) is 0 Å². The number of ketones is 1. The lowest BCUT2D eigenvalue weighted by Crippen LogP contribution is -2.49. The van der Waals surface area contributed by atoms with Crippen LogP contribution in [0.2, 0.25) is 0 Å². The van der Waals surface area contributed by atoms with E-state index in [0.29, 0.717) is 5.57 Å². The number of amides is 1. The Bertz CT molecular complexity index is 865. The molecule has 6 heteroatoms. The number of rotatable bonds is 3. The number of hydroxylamine groups is 2. The Hall–Kier alpha value is -2.21. The number of carbonyl (C=O) groups is 3. The second-order valence-corrected chi connectivity index (χ2v) is 8.44. The normalized spacial score (nSPS) is 28.3. The molecule has 0 aromatic carbocycles. The fourth-order valence-corrected chi connectivity index (χ4v) is 4.61. The quantitative estimate of drug-likeness (QED) is 0.770. The van der Waals surface area contributed by atoms with Crippen molar-refractivity contribution >= 4 is 17.7 Å². The summed E-state index contributed by atoms with van der Waals surface area (Å²) < 4.78 is 0. The molecule has 0 heterocycles. The van der Waals surface area contributed by atoms with Crippen molar-refractivity contribution in [2.45, 2.75) is 59.0 Å². The van der Waals surface area contributed by atoms with E-state index in [1.165, 1.54) is 6.92 Å². The van der Waals surface area contributed by atoms with Crippen LogP contribution in [-0.4, -0.2) is 40.0 Å². The van der Waals surface area contributed by atoms with Gasteiger partial charge in [-0.2, -0.15) is 5.06 Å². The molecule has 4 aliphatic carbocycles. The fraction of sp³-hybridized carbons (Fsp3) is 0.571. The molecule has 1 amide bonds. The standard InChI is InChI=1S/C21H25NO5/c1-11-9-15-17(12(2)21(7-8-21)20(4,26)18(15)24)16(11)10-22(27-13(3)23)19(25)14-5-6-14/h9,14,26H,5-8,10H2,1-4H3/t20-/m0/s1.